The van der Waals surface area contributed by atoms with Crippen molar-refractivity contribution in [2.24, 2.45) is 0 Å². The molecule has 1 fully saturated rings. The fourth-order valence-electron chi connectivity index (χ4n) is 3.83. The first-order valence-electron chi connectivity index (χ1n) is 10.8. The molecule has 1 aliphatic heterocycles. The van der Waals surface area contributed by atoms with Crippen LogP contribution >= 0.6 is 23.4 Å². The number of rotatable bonds is 7. The Morgan fingerprint density at radius 3 is 2.41 bits per heavy atom. The number of nitro benzene ring substituents is 1. The fraction of sp³-hybridized carbons (Fsp3) is 0.240. The van der Waals surface area contributed by atoms with E-state index in [0.29, 0.717) is 47.4 Å². The van der Waals surface area contributed by atoms with Crippen molar-refractivity contribution in [3.63, 3.8) is 0 Å². The zero-order chi connectivity index (χ0) is 24.1. The summed E-state index contributed by atoms with van der Waals surface area (Å²) in [6.07, 6.45) is 0. The second-order valence-electron chi connectivity index (χ2n) is 7.80. The van der Waals surface area contributed by atoms with Crippen LogP contribution in [0.4, 0.5) is 11.4 Å². The highest BCUT2D eigenvalue weighted by molar-refractivity contribution is 7.98. The van der Waals surface area contributed by atoms with Gasteiger partial charge in [-0.15, -0.1) is 11.8 Å². The number of benzene rings is 3. The highest BCUT2D eigenvalue weighted by Gasteiger charge is 2.25. The lowest BCUT2D eigenvalue weighted by atomic mass is 10.1. The van der Waals surface area contributed by atoms with Gasteiger partial charge in [0.2, 0.25) is 0 Å². The van der Waals surface area contributed by atoms with Crippen LogP contribution in [0.2, 0.25) is 5.02 Å². The number of amides is 1. The van der Waals surface area contributed by atoms with Gasteiger partial charge in [-0.1, -0.05) is 29.8 Å². The summed E-state index contributed by atoms with van der Waals surface area (Å²) >= 11 is 7.53. The van der Waals surface area contributed by atoms with E-state index in [0.717, 1.165) is 17.0 Å². The molecule has 4 rings (SSSR count). The van der Waals surface area contributed by atoms with Gasteiger partial charge in [0, 0.05) is 54.3 Å². The summed E-state index contributed by atoms with van der Waals surface area (Å²) in [5.74, 6) is 1.11. The van der Waals surface area contributed by atoms with Crippen molar-refractivity contribution in [1.82, 2.24) is 4.90 Å². The SMILES string of the molecule is COc1ccc(N2CCN(C(=O)c3ccc(SCc4ccccc4Cl)c([N+](=O)[O-])c3)CC2)cc1. The molecule has 0 atom stereocenters. The fourth-order valence-corrected chi connectivity index (χ4v) is 5.12. The molecule has 9 heteroatoms. The second kappa shape index (κ2) is 10.8. The molecule has 0 spiro atoms. The number of hydrogen-bond acceptors (Lipinski definition) is 6. The molecule has 1 aliphatic rings. The number of methoxy groups -OCH3 is 1. The van der Waals surface area contributed by atoms with Gasteiger partial charge in [-0.05, 0) is 48.0 Å². The Morgan fingerprint density at radius 1 is 1.06 bits per heavy atom. The number of piperazine rings is 1. The van der Waals surface area contributed by atoms with E-state index in [-0.39, 0.29) is 11.6 Å². The third-order valence-electron chi connectivity index (χ3n) is 5.75. The Balaban J connectivity index is 1.42. The van der Waals surface area contributed by atoms with Crippen LogP contribution in [0.5, 0.6) is 5.75 Å². The first kappa shape index (κ1) is 23.9. The summed E-state index contributed by atoms with van der Waals surface area (Å²) in [7, 11) is 1.63. The third kappa shape index (κ3) is 5.46. The van der Waals surface area contributed by atoms with E-state index in [1.165, 1.54) is 17.8 Å². The summed E-state index contributed by atoms with van der Waals surface area (Å²) in [5, 5.41) is 12.3. The van der Waals surface area contributed by atoms with Crippen molar-refractivity contribution in [3.05, 3.63) is 93.0 Å². The largest absolute Gasteiger partial charge is 0.497 e. The molecular weight excluding hydrogens is 474 g/mol. The predicted molar refractivity (Wildman–Crippen MR) is 135 cm³/mol. The van der Waals surface area contributed by atoms with Crippen LogP contribution in [0, 0.1) is 10.1 Å². The zero-order valence-corrected chi connectivity index (χ0v) is 20.2. The van der Waals surface area contributed by atoms with E-state index >= 15 is 0 Å². The van der Waals surface area contributed by atoms with Crippen molar-refractivity contribution in [2.75, 3.05) is 38.2 Å². The minimum atomic E-state index is -0.437. The maximum absolute atomic E-state index is 13.1. The Hall–Kier alpha value is -3.23. The number of carbonyl (C=O) groups is 1. The predicted octanol–water partition coefficient (Wildman–Crippen LogP) is 5.51. The number of ether oxygens (including phenoxy) is 1. The normalized spacial score (nSPS) is 13.6. The molecule has 3 aromatic carbocycles. The van der Waals surface area contributed by atoms with Crippen LogP contribution in [0.3, 0.4) is 0 Å². The Bertz CT molecular complexity index is 1180. The molecule has 0 saturated carbocycles. The van der Waals surface area contributed by atoms with Crippen molar-refractivity contribution < 1.29 is 14.5 Å². The topological polar surface area (TPSA) is 75.9 Å². The highest BCUT2D eigenvalue weighted by Crippen LogP contribution is 2.34. The van der Waals surface area contributed by atoms with Gasteiger partial charge in [0.05, 0.1) is 16.9 Å². The van der Waals surface area contributed by atoms with Crippen molar-refractivity contribution >= 4 is 40.6 Å². The van der Waals surface area contributed by atoms with E-state index < -0.39 is 4.92 Å². The lowest BCUT2D eigenvalue weighted by Crippen LogP contribution is -2.48. The summed E-state index contributed by atoms with van der Waals surface area (Å²) in [4.78, 5) is 28.8. The van der Waals surface area contributed by atoms with Gasteiger partial charge in [0.1, 0.15) is 5.75 Å². The molecule has 0 aromatic heterocycles. The van der Waals surface area contributed by atoms with Crippen LogP contribution < -0.4 is 9.64 Å². The molecule has 0 radical (unpaired) electrons. The van der Waals surface area contributed by atoms with Crippen LogP contribution in [-0.2, 0) is 5.75 Å². The number of anilines is 1. The molecule has 3 aromatic rings. The molecule has 176 valence electrons. The number of halogens is 1. The number of nitro groups is 1. The van der Waals surface area contributed by atoms with E-state index in [1.807, 2.05) is 42.5 Å². The number of thioether (sulfide) groups is 1. The van der Waals surface area contributed by atoms with Crippen LogP contribution in [0.15, 0.2) is 71.6 Å². The molecule has 0 unspecified atom stereocenters. The van der Waals surface area contributed by atoms with Gasteiger partial charge in [-0.2, -0.15) is 0 Å². The average Bonchev–Trinajstić information content (AvgIpc) is 2.88. The molecule has 0 N–H and O–H groups in total. The summed E-state index contributed by atoms with van der Waals surface area (Å²) in [6, 6.07) is 19.9. The maximum Gasteiger partial charge on any atom is 0.283 e. The molecule has 1 amide bonds. The summed E-state index contributed by atoms with van der Waals surface area (Å²) in [6.45, 7) is 2.46. The van der Waals surface area contributed by atoms with E-state index in [1.54, 1.807) is 30.2 Å². The van der Waals surface area contributed by atoms with Gasteiger partial charge in [-0.25, -0.2) is 0 Å². The van der Waals surface area contributed by atoms with Crippen molar-refractivity contribution in [3.8, 4) is 5.75 Å². The summed E-state index contributed by atoms with van der Waals surface area (Å²) in [5.41, 5.74) is 2.23. The molecular formula is C25H24ClN3O4S. The molecule has 0 aliphatic carbocycles. The molecule has 1 saturated heterocycles. The van der Waals surface area contributed by atoms with E-state index in [4.69, 9.17) is 16.3 Å². The van der Waals surface area contributed by atoms with E-state index in [9.17, 15) is 14.9 Å². The van der Waals surface area contributed by atoms with Gasteiger partial charge < -0.3 is 14.5 Å². The maximum atomic E-state index is 13.1. The second-order valence-corrected chi connectivity index (χ2v) is 9.22. The van der Waals surface area contributed by atoms with Crippen LogP contribution in [0.1, 0.15) is 15.9 Å². The Labute approximate surface area is 207 Å². The van der Waals surface area contributed by atoms with Gasteiger partial charge >= 0.3 is 0 Å². The van der Waals surface area contributed by atoms with Gasteiger partial charge in [0.25, 0.3) is 11.6 Å². The zero-order valence-electron chi connectivity index (χ0n) is 18.6. The molecule has 34 heavy (non-hydrogen) atoms. The number of nitrogens with zero attached hydrogens (tertiary/aromatic N) is 3. The monoisotopic (exact) mass is 497 g/mol. The number of hydrogen-bond donors (Lipinski definition) is 0. The number of carbonyl (C=O) groups excluding carboxylic acids is 1. The smallest absolute Gasteiger partial charge is 0.283 e. The molecule has 0 bridgehead atoms. The quantitative estimate of drug-likeness (QED) is 0.243. The van der Waals surface area contributed by atoms with Crippen LogP contribution in [-0.4, -0.2) is 49.0 Å². The minimum Gasteiger partial charge on any atom is -0.497 e. The third-order valence-corrected chi connectivity index (χ3v) is 7.23. The van der Waals surface area contributed by atoms with Crippen molar-refractivity contribution in [1.29, 1.82) is 0 Å². The minimum absolute atomic E-state index is 0.0697. The van der Waals surface area contributed by atoms with Gasteiger partial charge in [-0.3, -0.25) is 14.9 Å². The van der Waals surface area contributed by atoms with Crippen LogP contribution in [0.25, 0.3) is 0 Å². The Morgan fingerprint density at radius 2 is 1.76 bits per heavy atom. The molecule has 7 nitrogen and oxygen atoms in total. The van der Waals surface area contributed by atoms with E-state index in [2.05, 4.69) is 4.90 Å². The average molecular weight is 498 g/mol. The highest BCUT2D eigenvalue weighted by atomic mass is 35.5. The first-order valence-corrected chi connectivity index (χ1v) is 12.2. The lowest BCUT2D eigenvalue weighted by Gasteiger charge is -2.36. The Kier molecular flexibility index (Phi) is 7.59. The van der Waals surface area contributed by atoms with Gasteiger partial charge in [0.15, 0.2) is 0 Å². The lowest BCUT2D eigenvalue weighted by molar-refractivity contribution is -0.387. The first-order chi connectivity index (χ1) is 16.5. The summed E-state index contributed by atoms with van der Waals surface area (Å²) < 4.78 is 5.21. The van der Waals surface area contributed by atoms with Crippen molar-refractivity contribution in [2.45, 2.75) is 10.6 Å². The standard InChI is InChI=1S/C25H24ClN3O4S/c1-33-21-9-7-20(8-10-21)27-12-14-28(15-13-27)25(30)18-6-11-24(23(16-18)29(31)32)34-17-19-4-2-3-5-22(19)26/h2-11,16H,12-15,17H2,1H3. The molecule has 1 heterocycles.